The van der Waals surface area contributed by atoms with Gasteiger partial charge in [-0.05, 0) is 75.3 Å². The number of aryl methyl sites for hydroxylation is 1. The van der Waals surface area contributed by atoms with Crippen LogP contribution >= 0.6 is 0 Å². The zero-order chi connectivity index (χ0) is 17.0. The lowest BCUT2D eigenvalue weighted by atomic mass is 9.49. The minimum absolute atomic E-state index is 0.131. The Kier molecular flexibility index (Phi) is 3.31. The van der Waals surface area contributed by atoms with Crippen LogP contribution in [0, 0.1) is 30.1 Å². The number of carbonyl (C=O) groups is 1. The van der Waals surface area contributed by atoms with E-state index in [1.807, 2.05) is 48.0 Å². The zero-order valence-corrected chi connectivity index (χ0v) is 14.7. The molecule has 1 N–H and O–H groups in total. The first-order valence-electron chi connectivity index (χ1n) is 9.55. The van der Waals surface area contributed by atoms with Gasteiger partial charge < -0.3 is 5.32 Å². The SMILES string of the molecule is Cc1cc(NC(=O)C23CC4CC(CC(C4)C2)C3)n(-c2ccccc2)n1. The summed E-state index contributed by atoms with van der Waals surface area (Å²) in [6, 6.07) is 12.0. The number of anilines is 1. The van der Waals surface area contributed by atoms with Crippen LogP contribution in [0.3, 0.4) is 0 Å². The lowest BCUT2D eigenvalue weighted by Gasteiger charge is -2.55. The number of nitrogens with one attached hydrogen (secondary N) is 1. The third-order valence-corrected chi connectivity index (χ3v) is 6.59. The molecule has 4 saturated carbocycles. The topological polar surface area (TPSA) is 46.9 Å². The highest BCUT2D eigenvalue weighted by molar-refractivity contribution is 5.95. The molecule has 6 rings (SSSR count). The minimum Gasteiger partial charge on any atom is -0.310 e. The van der Waals surface area contributed by atoms with Gasteiger partial charge in [0.15, 0.2) is 0 Å². The first-order valence-corrected chi connectivity index (χ1v) is 9.55. The quantitative estimate of drug-likeness (QED) is 0.907. The number of hydrogen-bond acceptors (Lipinski definition) is 2. The van der Waals surface area contributed by atoms with E-state index in [9.17, 15) is 4.79 Å². The fourth-order valence-electron chi connectivity index (χ4n) is 5.99. The van der Waals surface area contributed by atoms with E-state index in [0.29, 0.717) is 0 Å². The maximum absolute atomic E-state index is 13.3. The molecule has 4 aliphatic carbocycles. The van der Waals surface area contributed by atoms with Gasteiger partial charge in [-0.1, -0.05) is 18.2 Å². The van der Waals surface area contributed by atoms with Crippen LogP contribution in [-0.2, 0) is 4.79 Å². The maximum atomic E-state index is 13.3. The van der Waals surface area contributed by atoms with Gasteiger partial charge in [-0.25, -0.2) is 4.68 Å². The van der Waals surface area contributed by atoms with Crippen LogP contribution in [0.15, 0.2) is 36.4 Å². The average molecular weight is 335 g/mol. The largest absolute Gasteiger partial charge is 0.310 e. The molecule has 25 heavy (non-hydrogen) atoms. The van der Waals surface area contributed by atoms with Crippen molar-refractivity contribution in [3.63, 3.8) is 0 Å². The standard InChI is InChI=1S/C21H25N3O/c1-14-7-19(24(23-14)18-5-3-2-4-6-18)22-20(25)21-11-15-8-16(12-21)10-17(9-15)13-21/h2-7,15-17H,8-13H2,1H3,(H,22,25). The Morgan fingerprint density at radius 3 is 2.28 bits per heavy atom. The monoisotopic (exact) mass is 335 g/mol. The van der Waals surface area contributed by atoms with Crippen molar-refractivity contribution in [2.75, 3.05) is 5.32 Å². The molecule has 0 spiro atoms. The van der Waals surface area contributed by atoms with Crippen LogP contribution in [-0.4, -0.2) is 15.7 Å². The molecule has 1 aromatic carbocycles. The molecule has 1 amide bonds. The van der Waals surface area contributed by atoms with Crippen LogP contribution in [0.4, 0.5) is 5.82 Å². The number of benzene rings is 1. The van der Waals surface area contributed by atoms with Gasteiger partial charge in [0.1, 0.15) is 5.82 Å². The van der Waals surface area contributed by atoms with Crippen molar-refractivity contribution in [1.29, 1.82) is 0 Å². The number of aromatic nitrogens is 2. The lowest BCUT2D eigenvalue weighted by molar-refractivity contribution is -0.140. The molecule has 4 fully saturated rings. The number of rotatable bonds is 3. The van der Waals surface area contributed by atoms with Gasteiger partial charge >= 0.3 is 0 Å². The van der Waals surface area contributed by atoms with Gasteiger partial charge in [-0.15, -0.1) is 0 Å². The van der Waals surface area contributed by atoms with Crippen LogP contribution in [0.25, 0.3) is 5.69 Å². The summed E-state index contributed by atoms with van der Waals surface area (Å²) < 4.78 is 1.85. The van der Waals surface area contributed by atoms with E-state index in [-0.39, 0.29) is 11.3 Å². The fourth-order valence-corrected chi connectivity index (χ4v) is 5.99. The lowest BCUT2D eigenvalue weighted by Crippen LogP contribution is -2.51. The van der Waals surface area contributed by atoms with Crippen molar-refractivity contribution in [2.45, 2.75) is 45.4 Å². The second-order valence-corrected chi connectivity index (χ2v) is 8.57. The predicted octanol–water partition coefficient (Wildman–Crippen LogP) is 4.34. The van der Waals surface area contributed by atoms with E-state index in [1.54, 1.807) is 0 Å². The van der Waals surface area contributed by atoms with E-state index in [1.165, 1.54) is 19.3 Å². The highest BCUT2D eigenvalue weighted by Gasteiger charge is 2.54. The Morgan fingerprint density at radius 2 is 1.68 bits per heavy atom. The number of amides is 1. The van der Waals surface area contributed by atoms with Gasteiger partial charge in [0.2, 0.25) is 5.91 Å². The molecule has 130 valence electrons. The zero-order valence-electron chi connectivity index (χ0n) is 14.7. The van der Waals surface area contributed by atoms with Crippen molar-refractivity contribution in [3.05, 3.63) is 42.1 Å². The number of hydrogen-bond donors (Lipinski definition) is 1. The third kappa shape index (κ3) is 2.50. The van der Waals surface area contributed by atoms with Gasteiger partial charge in [0, 0.05) is 6.07 Å². The second kappa shape index (κ2) is 5.45. The minimum atomic E-state index is -0.131. The second-order valence-electron chi connectivity index (χ2n) is 8.57. The molecule has 0 saturated heterocycles. The fraction of sp³-hybridized carbons (Fsp3) is 0.524. The first kappa shape index (κ1) is 15.2. The summed E-state index contributed by atoms with van der Waals surface area (Å²) in [6.07, 6.45) is 7.32. The Morgan fingerprint density at radius 1 is 1.08 bits per heavy atom. The Balaban J connectivity index is 1.44. The molecule has 4 bridgehead atoms. The van der Waals surface area contributed by atoms with Crippen LogP contribution in [0.1, 0.15) is 44.2 Å². The molecule has 4 nitrogen and oxygen atoms in total. The van der Waals surface area contributed by atoms with Crippen LogP contribution in [0.5, 0.6) is 0 Å². The van der Waals surface area contributed by atoms with Crippen molar-refractivity contribution in [3.8, 4) is 5.69 Å². The van der Waals surface area contributed by atoms with Crippen molar-refractivity contribution in [1.82, 2.24) is 9.78 Å². The number of carbonyl (C=O) groups excluding carboxylic acids is 1. The maximum Gasteiger partial charge on any atom is 0.231 e. The Labute approximate surface area is 148 Å². The smallest absolute Gasteiger partial charge is 0.231 e. The summed E-state index contributed by atoms with van der Waals surface area (Å²) in [5.74, 6) is 3.35. The van der Waals surface area contributed by atoms with E-state index >= 15 is 0 Å². The molecule has 4 heteroatoms. The number of para-hydroxylation sites is 1. The highest BCUT2D eigenvalue weighted by atomic mass is 16.2. The van der Waals surface area contributed by atoms with E-state index in [2.05, 4.69) is 10.4 Å². The van der Waals surface area contributed by atoms with Crippen molar-refractivity contribution < 1.29 is 4.79 Å². The first-order chi connectivity index (χ1) is 12.1. The Bertz CT molecular complexity index is 773. The highest BCUT2D eigenvalue weighted by Crippen LogP contribution is 2.60. The summed E-state index contributed by atoms with van der Waals surface area (Å²) in [4.78, 5) is 13.3. The summed E-state index contributed by atoms with van der Waals surface area (Å²) in [5, 5.41) is 7.83. The van der Waals surface area contributed by atoms with E-state index in [4.69, 9.17) is 0 Å². The van der Waals surface area contributed by atoms with Gasteiger partial charge in [0.25, 0.3) is 0 Å². The van der Waals surface area contributed by atoms with E-state index in [0.717, 1.165) is 54.2 Å². The van der Waals surface area contributed by atoms with Crippen molar-refractivity contribution >= 4 is 11.7 Å². The molecule has 0 atom stereocenters. The normalized spacial score (nSPS) is 32.8. The molecule has 0 unspecified atom stereocenters. The Hall–Kier alpha value is -2.10. The van der Waals surface area contributed by atoms with E-state index < -0.39 is 0 Å². The average Bonchev–Trinajstić information content (AvgIpc) is 2.95. The molecular weight excluding hydrogens is 310 g/mol. The van der Waals surface area contributed by atoms with Gasteiger partial charge in [-0.2, -0.15) is 5.10 Å². The molecule has 0 aliphatic heterocycles. The van der Waals surface area contributed by atoms with Gasteiger partial charge in [0.05, 0.1) is 16.8 Å². The molecule has 1 heterocycles. The summed E-state index contributed by atoms with van der Waals surface area (Å²) >= 11 is 0. The number of nitrogens with zero attached hydrogens (tertiary/aromatic N) is 2. The van der Waals surface area contributed by atoms with Crippen LogP contribution in [0.2, 0.25) is 0 Å². The summed E-state index contributed by atoms with van der Waals surface area (Å²) in [5.41, 5.74) is 1.77. The van der Waals surface area contributed by atoms with Crippen LogP contribution < -0.4 is 5.32 Å². The molecular formula is C21H25N3O. The molecule has 1 aromatic heterocycles. The molecule has 0 radical (unpaired) electrons. The molecule has 2 aromatic rings. The summed E-state index contributed by atoms with van der Waals surface area (Å²) in [7, 11) is 0. The molecule has 4 aliphatic rings. The van der Waals surface area contributed by atoms with Gasteiger partial charge in [-0.3, -0.25) is 4.79 Å². The third-order valence-electron chi connectivity index (χ3n) is 6.59. The summed E-state index contributed by atoms with van der Waals surface area (Å²) in [6.45, 7) is 1.97. The van der Waals surface area contributed by atoms with Crippen molar-refractivity contribution in [2.24, 2.45) is 23.2 Å². The predicted molar refractivity (Wildman–Crippen MR) is 97.5 cm³/mol.